The van der Waals surface area contributed by atoms with Gasteiger partial charge >= 0.3 is 5.97 Å². The van der Waals surface area contributed by atoms with Gasteiger partial charge in [-0.05, 0) is 18.2 Å². The van der Waals surface area contributed by atoms with Crippen LogP contribution >= 0.6 is 0 Å². The van der Waals surface area contributed by atoms with Crippen LogP contribution in [0.15, 0.2) is 18.2 Å². The summed E-state index contributed by atoms with van der Waals surface area (Å²) in [4.78, 5) is 10.6. The number of rotatable bonds is 2. The topological polar surface area (TPSA) is 86.2 Å². The van der Waals surface area contributed by atoms with Crippen LogP contribution in [-0.4, -0.2) is 26.4 Å². The number of benzene rings is 1. The Bertz CT molecular complexity index is 572. The maximum atomic E-state index is 13.0. The first-order chi connectivity index (χ1) is 7.99. The van der Waals surface area contributed by atoms with Crippen molar-refractivity contribution >= 4 is 5.97 Å². The molecule has 1 aromatic heterocycles. The molecular formula is C10H6F2N2O3. The van der Waals surface area contributed by atoms with Crippen LogP contribution in [0.3, 0.4) is 0 Å². The molecule has 0 unspecified atom stereocenters. The molecule has 0 aliphatic carbocycles. The second kappa shape index (κ2) is 3.85. The highest BCUT2D eigenvalue weighted by Gasteiger charge is 2.14. The van der Waals surface area contributed by atoms with E-state index < -0.39 is 23.4 Å². The summed E-state index contributed by atoms with van der Waals surface area (Å²) in [6.07, 6.45) is 0. The van der Waals surface area contributed by atoms with E-state index in [2.05, 4.69) is 10.2 Å². The van der Waals surface area contributed by atoms with E-state index in [9.17, 15) is 13.6 Å². The molecule has 1 aromatic carbocycles. The van der Waals surface area contributed by atoms with Gasteiger partial charge in [0.2, 0.25) is 0 Å². The molecule has 7 heteroatoms. The third kappa shape index (κ3) is 1.94. The Labute approximate surface area is 93.3 Å². The SMILES string of the molecule is O=C(O)c1cc(-c2cc(F)c(O)c(F)c2)n[nH]1. The van der Waals surface area contributed by atoms with Gasteiger partial charge in [-0.15, -0.1) is 0 Å². The van der Waals surface area contributed by atoms with Crippen LogP contribution in [0.1, 0.15) is 10.5 Å². The van der Waals surface area contributed by atoms with E-state index in [1.54, 1.807) is 0 Å². The molecule has 1 heterocycles. The number of carbonyl (C=O) groups is 1. The average molecular weight is 240 g/mol. The lowest BCUT2D eigenvalue weighted by molar-refractivity contribution is 0.0690. The van der Waals surface area contributed by atoms with Crippen LogP contribution in [0, 0.1) is 11.6 Å². The number of carboxylic acids is 1. The third-order valence-electron chi connectivity index (χ3n) is 2.12. The normalized spacial score (nSPS) is 10.5. The minimum Gasteiger partial charge on any atom is -0.503 e. The van der Waals surface area contributed by atoms with Crippen molar-refractivity contribution in [1.29, 1.82) is 0 Å². The highest BCUT2D eigenvalue weighted by molar-refractivity contribution is 5.86. The molecule has 88 valence electrons. The van der Waals surface area contributed by atoms with E-state index in [1.165, 1.54) is 0 Å². The number of halogens is 2. The quantitative estimate of drug-likeness (QED) is 0.746. The lowest BCUT2D eigenvalue weighted by Crippen LogP contribution is -1.95. The Hall–Kier alpha value is -2.44. The predicted octanol–water partition coefficient (Wildman–Crippen LogP) is 1.76. The molecule has 3 N–H and O–H groups in total. The van der Waals surface area contributed by atoms with Crippen molar-refractivity contribution in [2.75, 3.05) is 0 Å². The van der Waals surface area contributed by atoms with Crippen molar-refractivity contribution in [3.8, 4) is 17.0 Å². The molecular weight excluding hydrogens is 234 g/mol. The van der Waals surface area contributed by atoms with E-state index in [0.717, 1.165) is 18.2 Å². The Morgan fingerprint density at radius 1 is 1.24 bits per heavy atom. The van der Waals surface area contributed by atoms with Crippen LogP contribution in [-0.2, 0) is 0 Å². The van der Waals surface area contributed by atoms with Crippen molar-refractivity contribution in [3.05, 3.63) is 35.5 Å². The molecule has 0 fully saturated rings. The number of phenols is 1. The zero-order chi connectivity index (χ0) is 12.6. The minimum atomic E-state index is -1.23. The fraction of sp³-hybridized carbons (Fsp3) is 0. The average Bonchev–Trinajstić information content (AvgIpc) is 2.74. The first-order valence-corrected chi connectivity index (χ1v) is 4.46. The summed E-state index contributed by atoms with van der Waals surface area (Å²) in [6.45, 7) is 0. The van der Waals surface area contributed by atoms with E-state index in [4.69, 9.17) is 10.2 Å². The van der Waals surface area contributed by atoms with E-state index in [-0.39, 0.29) is 17.0 Å². The third-order valence-corrected chi connectivity index (χ3v) is 2.12. The number of hydrogen-bond donors (Lipinski definition) is 3. The molecule has 0 spiro atoms. The highest BCUT2D eigenvalue weighted by atomic mass is 19.1. The van der Waals surface area contributed by atoms with Gasteiger partial charge in [-0.3, -0.25) is 5.10 Å². The molecule has 17 heavy (non-hydrogen) atoms. The number of nitrogens with zero attached hydrogens (tertiary/aromatic N) is 1. The molecule has 0 saturated heterocycles. The van der Waals surface area contributed by atoms with Crippen molar-refractivity contribution in [3.63, 3.8) is 0 Å². The van der Waals surface area contributed by atoms with Crippen LogP contribution < -0.4 is 0 Å². The van der Waals surface area contributed by atoms with E-state index >= 15 is 0 Å². The summed E-state index contributed by atoms with van der Waals surface area (Å²) < 4.78 is 26.1. The van der Waals surface area contributed by atoms with Crippen molar-refractivity contribution in [2.45, 2.75) is 0 Å². The summed E-state index contributed by atoms with van der Waals surface area (Å²) in [5, 5.41) is 23.3. The van der Waals surface area contributed by atoms with Crippen molar-refractivity contribution in [2.24, 2.45) is 0 Å². The van der Waals surface area contributed by atoms with Gasteiger partial charge in [-0.1, -0.05) is 0 Å². The summed E-state index contributed by atoms with van der Waals surface area (Å²) >= 11 is 0. The summed E-state index contributed by atoms with van der Waals surface area (Å²) in [5.41, 5.74) is -0.101. The zero-order valence-electron chi connectivity index (χ0n) is 8.24. The Balaban J connectivity index is 2.49. The molecule has 0 aliphatic heterocycles. The Morgan fingerprint density at radius 2 is 1.82 bits per heavy atom. The van der Waals surface area contributed by atoms with Crippen molar-refractivity contribution < 1.29 is 23.8 Å². The molecule has 0 amide bonds. The first kappa shape index (κ1) is 11.1. The van der Waals surface area contributed by atoms with E-state index in [0.29, 0.717) is 0 Å². The van der Waals surface area contributed by atoms with Crippen LogP contribution in [0.4, 0.5) is 8.78 Å². The number of aromatic nitrogens is 2. The van der Waals surface area contributed by atoms with Gasteiger partial charge in [0.25, 0.3) is 0 Å². The van der Waals surface area contributed by atoms with Crippen molar-refractivity contribution in [1.82, 2.24) is 10.2 Å². The lowest BCUT2D eigenvalue weighted by atomic mass is 10.1. The molecule has 2 rings (SSSR count). The van der Waals surface area contributed by atoms with Gasteiger partial charge in [0.15, 0.2) is 17.4 Å². The molecule has 0 saturated carbocycles. The molecule has 0 bridgehead atoms. The Morgan fingerprint density at radius 3 is 2.29 bits per heavy atom. The molecule has 0 atom stereocenters. The number of aromatic hydroxyl groups is 1. The second-order valence-corrected chi connectivity index (χ2v) is 3.26. The largest absolute Gasteiger partial charge is 0.503 e. The fourth-order valence-electron chi connectivity index (χ4n) is 1.29. The molecule has 5 nitrogen and oxygen atoms in total. The number of hydrogen-bond acceptors (Lipinski definition) is 3. The highest BCUT2D eigenvalue weighted by Crippen LogP contribution is 2.27. The molecule has 2 aromatic rings. The number of nitrogens with one attached hydrogen (secondary N) is 1. The summed E-state index contributed by atoms with van der Waals surface area (Å²) in [7, 11) is 0. The zero-order valence-corrected chi connectivity index (χ0v) is 8.24. The summed E-state index contributed by atoms with van der Waals surface area (Å²) in [6, 6.07) is 2.86. The molecule has 0 radical (unpaired) electrons. The first-order valence-electron chi connectivity index (χ1n) is 4.46. The van der Waals surface area contributed by atoms with Gasteiger partial charge in [-0.25, -0.2) is 13.6 Å². The lowest BCUT2D eigenvalue weighted by Gasteiger charge is -2.00. The van der Waals surface area contributed by atoms with Gasteiger partial charge in [0.05, 0.1) is 5.69 Å². The second-order valence-electron chi connectivity index (χ2n) is 3.26. The van der Waals surface area contributed by atoms with E-state index in [1.807, 2.05) is 0 Å². The molecule has 0 aliphatic rings. The van der Waals surface area contributed by atoms with Crippen LogP contribution in [0.25, 0.3) is 11.3 Å². The predicted molar refractivity (Wildman–Crippen MR) is 52.6 cm³/mol. The number of aromatic carboxylic acids is 1. The standard InChI is InChI=1S/C10H6F2N2O3/c11-5-1-4(2-6(12)9(5)15)7-3-8(10(16)17)14-13-7/h1-3,15H,(H,13,14)(H,16,17). The van der Waals surface area contributed by atoms with Gasteiger partial charge in [0, 0.05) is 5.56 Å². The van der Waals surface area contributed by atoms with Crippen LogP contribution in [0.2, 0.25) is 0 Å². The minimum absolute atomic E-state index is 0.0292. The number of aromatic amines is 1. The maximum Gasteiger partial charge on any atom is 0.353 e. The van der Waals surface area contributed by atoms with Gasteiger partial charge < -0.3 is 10.2 Å². The number of H-pyrrole nitrogens is 1. The maximum absolute atomic E-state index is 13.0. The van der Waals surface area contributed by atoms with Gasteiger partial charge in [0.1, 0.15) is 5.69 Å². The smallest absolute Gasteiger partial charge is 0.353 e. The monoisotopic (exact) mass is 240 g/mol. The number of phenolic OH excluding ortho intramolecular Hbond substituents is 1. The fourth-order valence-corrected chi connectivity index (χ4v) is 1.29. The summed E-state index contributed by atoms with van der Waals surface area (Å²) in [5.74, 6) is -4.59. The van der Waals surface area contributed by atoms with Gasteiger partial charge in [-0.2, -0.15) is 5.10 Å². The Kier molecular flexibility index (Phi) is 2.51. The van der Waals surface area contributed by atoms with Crippen LogP contribution in [0.5, 0.6) is 5.75 Å². The number of carboxylic acid groups (broad SMARTS) is 1.